The minimum Gasteiger partial charge on any atom is -0.495 e. The molecule has 7 nitrogen and oxygen atoms in total. The van der Waals surface area contributed by atoms with E-state index in [0.29, 0.717) is 17.5 Å². The van der Waals surface area contributed by atoms with E-state index in [4.69, 9.17) is 14.2 Å². The third kappa shape index (κ3) is 3.32. The molecule has 0 saturated heterocycles. The van der Waals surface area contributed by atoms with Gasteiger partial charge in [0.25, 0.3) is 0 Å². The Morgan fingerprint density at radius 3 is 2.69 bits per heavy atom. The fourth-order valence-corrected chi connectivity index (χ4v) is 2.68. The zero-order valence-corrected chi connectivity index (χ0v) is 14.4. The largest absolute Gasteiger partial charge is 0.495 e. The molecule has 2 N–H and O–H groups in total. The van der Waals surface area contributed by atoms with Crippen LogP contribution in [0.2, 0.25) is 0 Å². The summed E-state index contributed by atoms with van der Waals surface area (Å²) in [6, 6.07) is 15.2. The number of ether oxygens (including phenoxy) is 3. The molecule has 1 aliphatic heterocycles. The second kappa shape index (κ2) is 6.79. The van der Waals surface area contributed by atoms with Gasteiger partial charge in [0.1, 0.15) is 11.6 Å². The van der Waals surface area contributed by atoms with Gasteiger partial charge in [0.15, 0.2) is 11.5 Å². The average molecular weight is 350 g/mol. The van der Waals surface area contributed by atoms with Gasteiger partial charge >= 0.3 is 0 Å². The molecule has 0 radical (unpaired) electrons. The van der Waals surface area contributed by atoms with E-state index in [1.807, 2.05) is 55.5 Å². The number of hydrogen-bond donors (Lipinski definition) is 2. The number of aryl methyl sites for hydroxylation is 1. The summed E-state index contributed by atoms with van der Waals surface area (Å²) in [4.78, 5) is 8.97. The molecule has 0 atom stereocenters. The maximum atomic E-state index is 5.41. The summed E-state index contributed by atoms with van der Waals surface area (Å²) < 4.78 is 16.1. The van der Waals surface area contributed by atoms with Gasteiger partial charge in [-0.15, -0.1) is 0 Å². The summed E-state index contributed by atoms with van der Waals surface area (Å²) >= 11 is 0. The molecule has 7 heteroatoms. The molecule has 0 amide bonds. The molecule has 0 unspecified atom stereocenters. The molecule has 1 aliphatic rings. The van der Waals surface area contributed by atoms with Gasteiger partial charge in [-0.3, -0.25) is 0 Å². The van der Waals surface area contributed by atoms with Crippen LogP contribution in [0.1, 0.15) is 5.69 Å². The van der Waals surface area contributed by atoms with Crippen molar-refractivity contribution in [2.24, 2.45) is 0 Å². The molecular weight excluding hydrogens is 332 g/mol. The zero-order chi connectivity index (χ0) is 17.9. The molecule has 3 aromatic rings. The lowest BCUT2D eigenvalue weighted by atomic mass is 10.2. The molecule has 0 bridgehead atoms. The highest BCUT2D eigenvalue weighted by Gasteiger charge is 2.14. The van der Waals surface area contributed by atoms with Crippen LogP contribution in [-0.2, 0) is 0 Å². The molecule has 0 aliphatic carbocycles. The number of fused-ring (bicyclic) bond motifs is 1. The smallest absolute Gasteiger partial charge is 0.231 e. The molecule has 0 saturated carbocycles. The van der Waals surface area contributed by atoms with Gasteiger partial charge in [-0.25, -0.2) is 4.98 Å². The molecule has 2 heterocycles. The van der Waals surface area contributed by atoms with Gasteiger partial charge < -0.3 is 24.8 Å². The van der Waals surface area contributed by atoms with Gasteiger partial charge in [-0.2, -0.15) is 4.98 Å². The van der Waals surface area contributed by atoms with Crippen LogP contribution in [0, 0.1) is 6.92 Å². The van der Waals surface area contributed by atoms with Crippen molar-refractivity contribution >= 4 is 23.1 Å². The third-order valence-electron chi connectivity index (χ3n) is 3.85. The van der Waals surface area contributed by atoms with Crippen molar-refractivity contribution in [1.29, 1.82) is 0 Å². The Kier molecular flexibility index (Phi) is 4.18. The SMILES string of the molecule is COc1ccccc1Nc1nc(C)cc(Nc2ccc3c(c2)OCO3)n1. The minimum absolute atomic E-state index is 0.248. The number of hydrogen-bond acceptors (Lipinski definition) is 7. The number of nitrogens with one attached hydrogen (secondary N) is 2. The highest BCUT2D eigenvalue weighted by Crippen LogP contribution is 2.35. The predicted molar refractivity (Wildman–Crippen MR) is 98.9 cm³/mol. The Labute approximate surface area is 151 Å². The Hall–Kier alpha value is -3.48. The van der Waals surface area contributed by atoms with E-state index in [-0.39, 0.29) is 6.79 Å². The van der Waals surface area contributed by atoms with Crippen molar-refractivity contribution in [2.75, 3.05) is 24.5 Å². The molecule has 26 heavy (non-hydrogen) atoms. The predicted octanol–water partition coefficient (Wildman–Crippen LogP) is 4.01. The van der Waals surface area contributed by atoms with E-state index >= 15 is 0 Å². The lowest BCUT2D eigenvalue weighted by molar-refractivity contribution is 0.174. The van der Waals surface area contributed by atoms with E-state index in [9.17, 15) is 0 Å². The Balaban J connectivity index is 1.58. The van der Waals surface area contributed by atoms with Crippen LogP contribution >= 0.6 is 0 Å². The number of para-hydroxylation sites is 2. The van der Waals surface area contributed by atoms with Crippen molar-refractivity contribution in [1.82, 2.24) is 9.97 Å². The summed E-state index contributed by atoms with van der Waals surface area (Å²) in [6.45, 7) is 2.16. The zero-order valence-electron chi connectivity index (χ0n) is 14.4. The second-order valence-electron chi connectivity index (χ2n) is 5.74. The highest BCUT2D eigenvalue weighted by atomic mass is 16.7. The normalized spacial score (nSPS) is 11.9. The molecule has 1 aromatic heterocycles. The Bertz CT molecular complexity index is 946. The van der Waals surface area contributed by atoms with Gasteiger partial charge in [-0.05, 0) is 31.2 Å². The van der Waals surface area contributed by atoms with Crippen LogP contribution in [0.3, 0.4) is 0 Å². The van der Waals surface area contributed by atoms with Crippen LogP contribution in [0.5, 0.6) is 17.2 Å². The molecule has 2 aromatic carbocycles. The van der Waals surface area contributed by atoms with Crippen molar-refractivity contribution in [3.05, 3.63) is 54.2 Å². The van der Waals surface area contributed by atoms with Crippen molar-refractivity contribution in [3.8, 4) is 17.2 Å². The molecule has 132 valence electrons. The third-order valence-corrected chi connectivity index (χ3v) is 3.85. The molecular formula is C19H18N4O3. The van der Waals surface area contributed by atoms with E-state index in [0.717, 1.165) is 28.6 Å². The van der Waals surface area contributed by atoms with E-state index in [1.54, 1.807) is 7.11 Å². The summed E-state index contributed by atoms with van der Waals surface area (Å²) in [6.07, 6.45) is 0. The lowest BCUT2D eigenvalue weighted by Gasteiger charge is -2.12. The fraction of sp³-hybridized carbons (Fsp3) is 0.158. The average Bonchev–Trinajstić information content (AvgIpc) is 3.09. The topological polar surface area (TPSA) is 77.5 Å². The maximum absolute atomic E-state index is 5.41. The maximum Gasteiger partial charge on any atom is 0.231 e. The Morgan fingerprint density at radius 2 is 1.81 bits per heavy atom. The quantitative estimate of drug-likeness (QED) is 0.720. The van der Waals surface area contributed by atoms with Gasteiger partial charge in [0.05, 0.1) is 12.8 Å². The summed E-state index contributed by atoms with van der Waals surface area (Å²) in [5.41, 5.74) is 2.49. The van der Waals surface area contributed by atoms with Crippen LogP contribution < -0.4 is 24.8 Å². The number of benzene rings is 2. The van der Waals surface area contributed by atoms with Gasteiger partial charge in [-0.1, -0.05) is 12.1 Å². The molecule has 4 rings (SSSR count). The number of aromatic nitrogens is 2. The summed E-state index contributed by atoms with van der Waals surface area (Å²) in [5, 5.41) is 6.47. The first-order valence-electron chi connectivity index (χ1n) is 8.14. The Morgan fingerprint density at radius 1 is 0.962 bits per heavy atom. The van der Waals surface area contributed by atoms with Crippen LogP contribution in [-0.4, -0.2) is 23.9 Å². The second-order valence-corrected chi connectivity index (χ2v) is 5.74. The first kappa shape index (κ1) is 16.0. The number of anilines is 4. The number of nitrogens with zero attached hydrogens (tertiary/aromatic N) is 2. The summed E-state index contributed by atoms with van der Waals surface area (Å²) in [7, 11) is 1.63. The molecule has 0 spiro atoms. The van der Waals surface area contributed by atoms with Gasteiger partial charge in [0.2, 0.25) is 12.7 Å². The van der Waals surface area contributed by atoms with E-state index < -0.39 is 0 Å². The van der Waals surface area contributed by atoms with E-state index in [1.165, 1.54) is 0 Å². The fourth-order valence-electron chi connectivity index (χ4n) is 2.68. The monoisotopic (exact) mass is 350 g/mol. The van der Waals surface area contributed by atoms with Crippen LogP contribution in [0.15, 0.2) is 48.5 Å². The van der Waals surface area contributed by atoms with Crippen molar-refractivity contribution in [3.63, 3.8) is 0 Å². The first-order valence-corrected chi connectivity index (χ1v) is 8.14. The van der Waals surface area contributed by atoms with Crippen molar-refractivity contribution < 1.29 is 14.2 Å². The summed E-state index contributed by atoms with van der Waals surface area (Å²) in [5.74, 6) is 3.34. The highest BCUT2D eigenvalue weighted by molar-refractivity contribution is 5.65. The van der Waals surface area contributed by atoms with E-state index in [2.05, 4.69) is 20.6 Å². The van der Waals surface area contributed by atoms with Crippen LogP contribution in [0.4, 0.5) is 23.1 Å². The number of rotatable bonds is 5. The lowest BCUT2D eigenvalue weighted by Crippen LogP contribution is -2.03. The molecule has 0 fully saturated rings. The van der Waals surface area contributed by atoms with Gasteiger partial charge in [0, 0.05) is 23.5 Å². The minimum atomic E-state index is 0.248. The standard InChI is InChI=1S/C19H18N4O3/c1-12-9-18(21-13-7-8-16-17(10-13)26-11-25-16)23-19(20-12)22-14-5-3-4-6-15(14)24-2/h3-10H,11H2,1-2H3,(H2,20,21,22,23). The number of methoxy groups -OCH3 is 1. The van der Waals surface area contributed by atoms with Crippen LogP contribution in [0.25, 0.3) is 0 Å². The first-order chi connectivity index (χ1) is 12.7. The van der Waals surface area contributed by atoms with Crippen molar-refractivity contribution in [2.45, 2.75) is 6.92 Å².